The van der Waals surface area contributed by atoms with Crippen LogP contribution < -0.4 is 16.6 Å². The fourth-order valence-electron chi connectivity index (χ4n) is 2.70. The van der Waals surface area contributed by atoms with Crippen molar-refractivity contribution in [2.45, 2.75) is 39.5 Å². The molecule has 1 aliphatic carbocycles. The number of hydrogen-bond acceptors (Lipinski definition) is 3. The minimum Gasteiger partial charge on any atom is -0.351 e. The largest absolute Gasteiger partial charge is 0.351 e. The predicted molar refractivity (Wildman–Crippen MR) is 77.9 cm³/mol. The van der Waals surface area contributed by atoms with E-state index in [2.05, 4.69) is 17.7 Å². The first-order valence-electron chi connectivity index (χ1n) is 6.96. The van der Waals surface area contributed by atoms with Gasteiger partial charge in [-0.05, 0) is 55.4 Å². The zero-order valence-electron chi connectivity index (χ0n) is 11.8. The molecule has 1 aliphatic rings. The number of hydrazine groups is 1. The molecule has 104 valence electrons. The average Bonchev–Trinajstić information content (AvgIpc) is 2.37. The van der Waals surface area contributed by atoms with Crippen LogP contribution in [0.2, 0.25) is 0 Å². The van der Waals surface area contributed by atoms with Crippen LogP contribution in [-0.2, 0) is 0 Å². The summed E-state index contributed by atoms with van der Waals surface area (Å²) in [5.41, 5.74) is 5.42. The van der Waals surface area contributed by atoms with Gasteiger partial charge in [0.25, 0.3) is 5.91 Å². The highest BCUT2D eigenvalue weighted by molar-refractivity contribution is 5.96. The van der Waals surface area contributed by atoms with Gasteiger partial charge in [0.1, 0.15) is 0 Å². The third-order valence-corrected chi connectivity index (χ3v) is 4.43. The van der Waals surface area contributed by atoms with Gasteiger partial charge in [-0.3, -0.25) is 10.6 Å². The molecule has 4 heteroatoms. The highest BCUT2D eigenvalue weighted by Gasteiger charge is 2.35. The molecule has 1 fully saturated rings. The van der Waals surface area contributed by atoms with Crippen LogP contribution >= 0.6 is 0 Å². The summed E-state index contributed by atoms with van der Waals surface area (Å²) in [5, 5.41) is 3.08. The first-order chi connectivity index (χ1) is 9.10. The van der Waals surface area contributed by atoms with Crippen molar-refractivity contribution in [2.24, 2.45) is 11.3 Å². The molecule has 0 spiro atoms. The van der Waals surface area contributed by atoms with Gasteiger partial charge in [0.2, 0.25) is 0 Å². The van der Waals surface area contributed by atoms with Crippen LogP contribution in [0.1, 0.15) is 48.5 Å². The maximum atomic E-state index is 12.2. The van der Waals surface area contributed by atoms with E-state index in [1.807, 2.05) is 25.1 Å². The minimum absolute atomic E-state index is 0.0146. The lowest BCUT2D eigenvalue weighted by atomic mass is 9.67. The van der Waals surface area contributed by atoms with E-state index in [0.717, 1.165) is 29.8 Å². The SMILES string of the molecule is CCC1(CNC(=O)c2ccc(NN)cc2C)CCC1. The summed E-state index contributed by atoms with van der Waals surface area (Å²) in [7, 11) is 0. The minimum atomic E-state index is 0.0146. The molecule has 1 aromatic carbocycles. The number of anilines is 1. The Kier molecular flexibility index (Phi) is 4.10. The van der Waals surface area contributed by atoms with Gasteiger partial charge in [-0.15, -0.1) is 0 Å². The number of nitrogens with one attached hydrogen (secondary N) is 2. The quantitative estimate of drug-likeness (QED) is 0.564. The normalized spacial score (nSPS) is 16.6. The van der Waals surface area contributed by atoms with Gasteiger partial charge in [0.05, 0.1) is 0 Å². The molecule has 1 amide bonds. The van der Waals surface area contributed by atoms with Crippen molar-refractivity contribution in [2.75, 3.05) is 12.0 Å². The maximum Gasteiger partial charge on any atom is 0.251 e. The van der Waals surface area contributed by atoms with E-state index < -0.39 is 0 Å². The van der Waals surface area contributed by atoms with Crippen LogP contribution in [0.3, 0.4) is 0 Å². The Hall–Kier alpha value is -1.55. The number of nitrogens with two attached hydrogens (primary N) is 1. The lowest BCUT2D eigenvalue weighted by molar-refractivity contribution is 0.0849. The number of benzene rings is 1. The fourth-order valence-corrected chi connectivity index (χ4v) is 2.70. The molecule has 2 rings (SSSR count). The van der Waals surface area contributed by atoms with E-state index in [4.69, 9.17) is 5.84 Å². The Bertz CT molecular complexity index is 461. The molecule has 0 aliphatic heterocycles. The van der Waals surface area contributed by atoms with E-state index in [9.17, 15) is 4.79 Å². The molecule has 19 heavy (non-hydrogen) atoms. The number of rotatable bonds is 5. The second-order valence-electron chi connectivity index (χ2n) is 5.56. The standard InChI is InChI=1S/C15H23N3O/c1-3-15(7-4-8-15)10-17-14(19)13-6-5-12(18-16)9-11(13)2/h5-6,9,18H,3-4,7-8,10,16H2,1-2H3,(H,17,19). The Morgan fingerprint density at radius 1 is 1.42 bits per heavy atom. The Morgan fingerprint density at radius 3 is 2.63 bits per heavy atom. The van der Waals surface area contributed by atoms with Crippen molar-refractivity contribution in [3.8, 4) is 0 Å². The number of carbonyl (C=O) groups excluding carboxylic acids is 1. The van der Waals surface area contributed by atoms with Crippen molar-refractivity contribution in [1.29, 1.82) is 0 Å². The highest BCUT2D eigenvalue weighted by atomic mass is 16.1. The van der Waals surface area contributed by atoms with Gasteiger partial charge in [0.15, 0.2) is 0 Å². The first kappa shape index (κ1) is 13.9. The zero-order chi connectivity index (χ0) is 13.9. The fraction of sp³-hybridized carbons (Fsp3) is 0.533. The van der Waals surface area contributed by atoms with E-state index in [0.29, 0.717) is 5.41 Å². The summed E-state index contributed by atoms with van der Waals surface area (Å²) < 4.78 is 0. The Morgan fingerprint density at radius 2 is 2.16 bits per heavy atom. The molecule has 0 saturated heterocycles. The molecule has 0 radical (unpaired) electrons. The molecule has 0 heterocycles. The van der Waals surface area contributed by atoms with E-state index >= 15 is 0 Å². The van der Waals surface area contributed by atoms with Gasteiger partial charge in [-0.1, -0.05) is 13.3 Å². The van der Waals surface area contributed by atoms with Gasteiger partial charge >= 0.3 is 0 Å². The van der Waals surface area contributed by atoms with E-state index in [-0.39, 0.29) is 5.91 Å². The second kappa shape index (κ2) is 5.61. The van der Waals surface area contributed by atoms with Crippen molar-refractivity contribution in [3.05, 3.63) is 29.3 Å². The summed E-state index contributed by atoms with van der Waals surface area (Å²) in [6.45, 7) is 4.92. The molecule has 0 unspecified atom stereocenters. The van der Waals surface area contributed by atoms with E-state index in [1.54, 1.807) is 0 Å². The molecule has 0 aromatic heterocycles. The first-order valence-corrected chi connectivity index (χ1v) is 6.96. The average molecular weight is 261 g/mol. The smallest absolute Gasteiger partial charge is 0.251 e. The number of hydrogen-bond donors (Lipinski definition) is 3. The van der Waals surface area contributed by atoms with Gasteiger partial charge in [-0.25, -0.2) is 0 Å². The number of aryl methyl sites for hydroxylation is 1. The van der Waals surface area contributed by atoms with Crippen LogP contribution in [0.5, 0.6) is 0 Å². The number of carbonyl (C=O) groups is 1. The predicted octanol–water partition coefficient (Wildman–Crippen LogP) is 2.59. The number of nitrogen functional groups attached to an aromatic ring is 1. The summed E-state index contributed by atoms with van der Waals surface area (Å²) >= 11 is 0. The molecule has 1 aromatic rings. The van der Waals surface area contributed by atoms with Crippen molar-refractivity contribution >= 4 is 11.6 Å². The highest BCUT2D eigenvalue weighted by Crippen LogP contribution is 2.43. The Balaban J connectivity index is 2.00. The van der Waals surface area contributed by atoms with E-state index in [1.165, 1.54) is 19.3 Å². The third kappa shape index (κ3) is 2.89. The molecule has 4 nitrogen and oxygen atoms in total. The van der Waals surface area contributed by atoms with Crippen LogP contribution in [-0.4, -0.2) is 12.5 Å². The summed E-state index contributed by atoms with van der Waals surface area (Å²) in [4.78, 5) is 12.2. The monoisotopic (exact) mass is 261 g/mol. The number of amides is 1. The molecule has 0 atom stereocenters. The van der Waals surface area contributed by atoms with Crippen molar-refractivity contribution in [1.82, 2.24) is 5.32 Å². The summed E-state index contributed by atoms with van der Waals surface area (Å²) in [5.74, 6) is 5.37. The molecule has 0 bridgehead atoms. The van der Waals surface area contributed by atoms with Crippen LogP contribution in [0, 0.1) is 12.3 Å². The van der Waals surface area contributed by atoms with Gasteiger partial charge in [0, 0.05) is 17.8 Å². The van der Waals surface area contributed by atoms with Crippen LogP contribution in [0.15, 0.2) is 18.2 Å². The van der Waals surface area contributed by atoms with Crippen molar-refractivity contribution in [3.63, 3.8) is 0 Å². The lowest BCUT2D eigenvalue weighted by Gasteiger charge is -2.41. The summed E-state index contributed by atoms with van der Waals surface area (Å²) in [6.07, 6.45) is 4.90. The molecular weight excluding hydrogens is 238 g/mol. The van der Waals surface area contributed by atoms with Crippen LogP contribution in [0.25, 0.3) is 0 Å². The van der Waals surface area contributed by atoms with Crippen LogP contribution in [0.4, 0.5) is 5.69 Å². The lowest BCUT2D eigenvalue weighted by Crippen LogP contribution is -2.41. The Labute approximate surface area is 114 Å². The second-order valence-corrected chi connectivity index (χ2v) is 5.56. The van der Waals surface area contributed by atoms with Crippen molar-refractivity contribution < 1.29 is 4.79 Å². The maximum absolute atomic E-state index is 12.2. The van der Waals surface area contributed by atoms with Gasteiger partial charge in [-0.2, -0.15) is 0 Å². The van der Waals surface area contributed by atoms with Gasteiger partial charge < -0.3 is 10.7 Å². The summed E-state index contributed by atoms with van der Waals surface area (Å²) in [6, 6.07) is 5.52. The molecule has 1 saturated carbocycles. The zero-order valence-corrected chi connectivity index (χ0v) is 11.8. The molecular formula is C15H23N3O. The topological polar surface area (TPSA) is 67.2 Å². The molecule has 4 N–H and O–H groups in total. The third-order valence-electron chi connectivity index (χ3n) is 4.43.